The van der Waals surface area contributed by atoms with Crippen molar-refractivity contribution in [2.75, 3.05) is 13.2 Å². The molecule has 1 aromatic rings. The first-order valence-electron chi connectivity index (χ1n) is 15.4. The highest BCUT2D eigenvalue weighted by Crippen LogP contribution is 2.20. The molecule has 0 unspecified atom stereocenters. The summed E-state index contributed by atoms with van der Waals surface area (Å²) in [6.45, 7) is 0.355. The fourth-order valence-corrected chi connectivity index (χ4v) is 5.04. The van der Waals surface area contributed by atoms with Crippen molar-refractivity contribution in [2.45, 2.75) is 87.8 Å². The number of aliphatic hydroxyl groups excluding tert-OH is 2. The molecule has 1 heterocycles. The van der Waals surface area contributed by atoms with Crippen molar-refractivity contribution in [2.24, 2.45) is 11.5 Å². The highest BCUT2D eigenvalue weighted by atomic mass is 16.4. The minimum absolute atomic E-state index is 0.0330. The molecule has 2 rings (SSSR count). The van der Waals surface area contributed by atoms with Gasteiger partial charge in [0, 0.05) is 19.4 Å². The molecule has 0 aromatic heterocycles. The number of likely N-dealkylation sites (tertiary alicyclic amines) is 1. The van der Waals surface area contributed by atoms with Crippen LogP contribution in [0.5, 0.6) is 0 Å². The van der Waals surface area contributed by atoms with Crippen LogP contribution in [0.2, 0.25) is 0 Å². The number of hydrogen-bond donors (Lipinski definition) is 10. The first-order valence-corrected chi connectivity index (χ1v) is 15.4. The van der Waals surface area contributed by atoms with Gasteiger partial charge in [-0.1, -0.05) is 30.3 Å². The Balaban J connectivity index is 2.30. The largest absolute Gasteiger partial charge is 0.481 e. The molecule has 0 saturated carbocycles. The van der Waals surface area contributed by atoms with Crippen molar-refractivity contribution < 1.29 is 58.8 Å². The van der Waals surface area contributed by atoms with Gasteiger partial charge < -0.3 is 58.1 Å². The Bertz CT molecular complexity index is 1380. The molecule has 7 atom stereocenters. The minimum atomic E-state index is -1.75. The van der Waals surface area contributed by atoms with Crippen LogP contribution in [0.4, 0.5) is 0 Å². The zero-order valence-corrected chi connectivity index (χ0v) is 26.7. The molecule has 49 heavy (non-hydrogen) atoms. The van der Waals surface area contributed by atoms with Gasteiger partial charge in [-0.25, -0.2) is 4.79 Å². The highest BCUT2D eigenvalue weighted by molar-refractivity contribution is 5.98. The SMILES string of the molecule is C[C@@H](O)[C@H](NC(=O)[C@H](Cc1ccccc1)NC(=O)[C@@H]1CCCN1C(=O)[C@H](CC(=O)O)NC(=O)[C@H](CCC(N)=O)NC(=O)[C@@H](N)CO)C(=O)O. The molecular formula is C30H43N7O12. The highest BCUT2D eigenvalue weighted by Gasteiger charge is 2.40. The average Bonchev–Trinajstić information content (AvgIpc) is 3.54. The zero-order valence-electron chi connectivity index (χ0n) is 26.7. The van der Waals surface area contributed by atoms with E-state index in [4.69, 9.17) is 16.6 Å². The van der Waals surface area contributed by atoms with E-state index in [-0.39, 0.29) is 38.6 Å². The number of primary amides is 1. The van der Waals surface area contributed by atoms with Crippen LogP contribution < -0.4 is 32.7 Å². The van der Waals surface area contributed by atoms with Gasteiger partial charge in [0.2, 0.25) is 35.4 Å². The molecule has 1 fully saturated rings. The normalized spacial score (nSPS) is 17.7. The number of carboxylic acids is 2. The van der Waals surface area contributed by atoms with Gasteiger partial charge in [0.15, 0.2) is 6.04 Å². The number of nitrogens with zero attached hydrogens (tertiary/aromatic N) is 1. The molecule has 19 heteroatoms. The Labute approximate surface area is 280 Å². The maximum Gasteiger partial charge on any atom is 0.328 e. The number of carboxylic acid groups (broad SMARTS) is 2. The monoisotopic (exact) mass is 693 g/mol. The predicted octanol–water partition coefficient (Wildman–Crippen LogP) is -4.32. The summed E-state index contributed by atoms with van der Waals surface area (Å²) in [6, 6.07) is -0.554. The van der Waals surface area contributed by atoms with E-state index in [1.54, 1.807) is 30.3 Å². The molecule has 0 spiro atoms. The van der Waals surface area contributed by atoms with Gasteiger partial charge in [0.1, 0.15) is 30.2 Å². The number of aliphatic carboxylic acids is 2. The van der Waals surface area contributed by atoms with Crippen LogP contribution in [0, 0.1) is 0 Å². The molecule has 0 radical (unpaired) electrons. The van der Waals surface area contributed by atoms with Crippen LogP contribution in [0.15, 0.2) is 30.3 Å². The van der Waals surface area contributed by atoms with Crippen LogP contribution in [-0.2, 0) is 44.8 Å². The minimum Gasteiger partial charge on any atom is -0.481 e. The van der Waals surface area contributed by atoms with E-state index in [1.165, 1.54) is 0 Å². The third-order valence-corrected chi connectivity index (χ3v) is 7.64. The summed E-state index contributed by atoms with van der Waals surface area (Å²) in [5.74, 6) is -8.59. The number of aliphatic hydroxyl groups is 2. The third-order valence-electron chi connectivity index (χ3n) is 7.64. The summed E-state index contributed by atoms with van der Waals surface area (Å²) >= 11 is 0. The summed E-state index contributed by atoms with van der Waals surface area (Å²) in [5, 5.41) is 47.2. The van der Waals surface area contributed by atoms with Crippen molar-refractivity contribution in [3.05, 3.63) is 35.9 Å². The lowest BCUT2D eigenvalue weighted by Crippen LogP contribution is -2.60. The number of amides is 6. The maximum atomic E-state index is 13.7. The van der Waals surface area contributed by atoms with E-state index in [1.807, 2.05) is 0 Å². The van der Waals surface area contributed by atoms with Crippen LogP contribution >= 0.6 is 0 Å². The fraction of sp³-hybridized carbons (Fsp3) is 0.533. The molecule has 0 aliphatic carbocycles. The van der Waals surface area contributed by atoms with Gasteiger partial charge in [-0.3, -0.25) is 33.6 Å². The Morgan fingerprint density at radius 1 is 0.898 bits per heavy atom. The number of rotatable bonds is 19. The first-order chi connectivity index (χ1) is 23.0. The zero-order chi connectivity index (χ0) is 36.8. The molecule has 270 valence electrons. The van der Waals surface area contributed by atoms with Crippen LogP contribution in [-0.4, -0.2) is 128 Å². The van der Waals surface area contributed by atoms with E-state index in [2.05, 4.69) is 21.3 Å². The summed E-state index contributed by atoms with van der Waals surface area (Å²) in [5.41, 5.74) is 11.2. The Hall–Kier alpha value is -5.14. The van der Waals surface area contributed by atoms with Gasteiger partial charge in [-0.15, -0.1) is 0 Å². The number of carbonyl (C=O) groups excluding carboxylic acids is 6. The molecule has 12 N–H and O–H groups in total. The second-order valence-electron chi connectivity index (χ2n) is 11.5. The van der Waals surface area contributed by atoms with Gasteiger partial charge in [-0.05, 0) is 31.7 Å². The van der Waals surface area contributed by atoms with Crippen LogP contribution in [0.3, 0.4) is 0 Å². The quantitative estimate of drug-likeness (QED) is 0.0656. The van der Waals surface area contributed by atoms with Gasteiger partial charge in [0.05, 0.1) is 19.1 Å². The van der Waals surface area contributed by atoms with Crippen molar-refractivity contribution in [1.82, 2.24) is 26.2 Å². The molecule has 1 aromatic carbocycles. The van der Waals surface area contributed by atoms with Crippen LogP contribution in [0.1, 0.15) is 44.6 Å². The second-order valence-corrected chi connectivity index (χ2v) is 11.5. The van der Waals surface area contributed by atoms with Crippen molar-refractivity contribution in [3.8, 4) is 0 Å². The molecule has 1 aliphatic heterocycles. The number of nitrogens with one attached hydrogen (secondary N) is 4. The lowest BCUT2D eigenvalue weighted by molar-refractivity contribution is -0.146. The Morgan fingerprint density at radius 3 is 2.06 bits per heavy atom. The Kier molecular flexibility index (Phi) is 15.5. The lowest BCUT2D eigenvalue weighted by atomic mass is 10.0. The number of benzene rings is 1. The fourth-order valence-electron chi connectivity index (χ4n) is 5.04. The summed E-state index contributed by atoms with van der Waals surface area (Å²) in [6.07, 6.45) is -2.87. The predicted molar refractivity (Wildman–Crippen MR) is 168 cm³/mol. The van der Waals surface area contributed by atoms with E-state index in [9.17, 15) is 53.7 Å². The topological polar surface area (TPSA) is 321 Å². The summed E-state index contributed by atoms with van der Waals surface area (Å²) in [7, 11) is 0. The smallest absolute Gasteiger partial charge is 0.328 e. The molecule has 0 bridgehead atoms. The van der Waals surface area contributed by atoms with Crippen molar-refractivity contribution >= 4 is 47.4 Å². The molecule has 6 amide bonds. The summed E-state index contributed by atoms with van der Waals surface area (Å²) in [4.78, 5) is 102. The number of carbonyl (C=O) groups is 8. The van der Waals surface area contributed by atoms with Crippen molar-refractivity contribution in [3.63, 3.8) is 0 Å². The maximum absolute atomic E-state index is 13.7. The average molecular weight is 694 g/mol. The molecule has 1 saturated heterocycles. The number of nitrogens with two attached hydrogens (primary N) is 2. The molecule has 19 nitrogen and oxygen atoms in total. The van der Waals surface area contributed by atoms with Crippen molar-refractivity contribution in [1.29, 1.82) is 0 Å². The molecular weight excluding hydrogens is 650 g/mol. The standard InChI is InChI=1S/C30H43N7O12/c1-15(39)24(30(48)49)36-27(45)19(12-16-6-3-2-4-7-16)34-28(46)21-8-5-11-37(21)29(47)20(13-23(41)42)35-26(44)18(9-10-22(32)40)33-25(43)17(31)14-38/h2-4,6-7,15,17-21,24,38-39H,5,8-14,31H2,1H3,(H2,32,40)(H,33,43)(H,34,46)(H,35,44)(H,36,45)(H,41,42)(H,48,49)/t15-,17+,18+,19+,20+,21+,24+/m1/s1. The third kappa shape index (κ3) is 12.4. The summed E-state index contributed by atoms with van der Waals surface area (Å²) < 4.78 is 0. The number of hydrogen-bond acceptors (Lipinski definition) is 11. The van der Waals surface area contributed by atoms with E-state index in [0.29, 0.717) is 5.56 Å². The van der Waals surface area contributed by atoms with Gasteiger partial charge >= 0.3 is 11.9 Å². The van der Waals surface area contributed by atoms with E-state index in [0.717, 1.165) is 11.8 Å². The van der Waals surface area contributed by atoms with Gasteiger partial charge in [0.25, 0.3) is 0 Å². The second kappa shape index (κ2) is 19.0. The lowest BCUT2D eigenvalue weighted by Gasteiger charge is -2.30. The van der Waals surface area contributed by atoms with E-state index < -0.39 is 103 Å². The van der Waals surface area contributed by atoms with Gasteiger partial charge in [-0.2, -0.15) is 0 Å². The van der Waals surface area contributed by atoms with E-state index >= 15 is 0 Å². The Morgan fingerprint density at radius 2 is 1.51 bits per heavy atom. The van der Waals surface area contributed by atoms with Crippen LogP contribution in [0.25, 0.3) is 0 Å². The molecule has 1 aliphatic rings. The first kappa shape index (κ1) is 40.0.